The number of hydrogen-bond donors (Lipinski definition) is 3. The summed E-state index contributed by atoms with van der Waals surface area (Å²) in [7, 11) is 0. The molecule has 4 N–H and O–H groups in total. The highest BCUT2D eigenvalue weighted by atomic mass is 16.3. The lowest BCUT2D eigenvalue weighted by Gasteiger charge is -2.18. The van der Waals surface area contributed by atoms with Gasteiger partial charge in [-0.25, -0.2) is 0 Å². The van der Waals surface area contributed by atoms with Crippen molar-refractivity contribution in [3.63, 3.8) is 0 Å². The maximum atomic E-state index is 9.55. The Morgan fingerprint density at radius 3 is 2.57 bits per heavy atom. The molecule has 3 heteroatoms. The summed E-state index contributed by atoms with van der Waals surface area (Å²) in [6.07, 6.45) is 0.0973. The summed E-state index contributed by atoms with van der Waals surface area (Å²) in [5.74, 6) is 0.256. The Balaban J connectivity index is 2.91. The van der Waals surface area contributed by atoms with E-state index in [2.05, 4.69) is 0 Å². The van der Waals surface area contributed by atoms with Gasteiger partial charge in [0, 0.05) is 0 Å². The third kappa shape index (κ3) is 2.25. The van der Waals surface area contributed by atoms with Crippen LogP contribution in [0.3, 0.4) is 0 Å². The highest BCUT2D eigenvalue weighted by Gasteiger charge is 2.15. The Bertz CT molecular complexity index is 312. The van der Waals surface area contributed by atoms with Crippen LogP contribution in [0.1, 0.15) is 30.5 Å². The van der Waals surface area contributed by atoms with Gasteiger partial charge in [0.25, 0.3) is 0 Å². The van der Waals surface area contributed by atoms with E-state index in [1.165, 1.54) is 0 Å². The van der Waals surface area contributed by atoms with Gasteiger partial charge in [0.15, 0.2) is 0 Å². The van der Waals surface area contributed by atoms with Gasteiger partial charge in [0.2, 0.25) is 0 Å². The summed E-state index contributed by atoms with van der Waals surface area (Å²) < 4.78 is 0. The summed E-state index contributed by atoms with van der Waals surface area (Å²) in [6, 6.07) is 4.77. The van der Waals surface area contributed by atoms with Crippen LogP contribution in [0.5, 0.6) is 5.75 Å². The van der Waals surface area contributed by atoms with Crippen LogP contribution in [0.25, 0.3) is 0 Å². The smallest absolute Gasteiger partial charge is 0.118 e. The van der Waals surface area contributed by atoms with Crippen molar-refractivity contribution in [3.05, 3.63) is 29.3 Å². The number of aliphatic hydroxyl groups excluding tert-OH is 1. The van der Waals surface area contributed by atoms with E-state index in [0.29, 0.717) is 6.42 Å². The second-order valence-corrected chi connectivity index (χ2v) is 3.55. The molecule has 0 spiro atoms. The van der Waals surface area contributed by atoms with Crippen molar-refractivity contribution in [1.82, 2.24) is 0 Å². The lowest BCUT2D eigenvalue weighted by Crippen LogP contribution is -2.25. The number of rotatable bonds is 3. The first-order chi connectivity index (χ1) is 6.56. The number of aryl methyl sites for hydroxylation is 1. The fourth-order valence-electron chi connectivity index (χ4n) is 1.36. The summed E-state index contributed by atoms with van der Waals surface area (Å²) in [5.41, 5.74) is 7.47. The zero-order valence-electron chi connectivity index (χ0n) is 8.57. The Hall–Kier alpha value is -1.06. The molecule has 0 aliphatic carbocycles. The monoisotopic (exact) mass is 195 g/mol. The predicted octanol–water partition coefficient (Wildman–Crippen LogP) is 1.47. The van der Waals surface area contributed by atoms with E-state index >= 15 is 0 Å². The van der Waals surface area contributed by atoms with Gasteiger partial charge in [0.1, 0.15) is 5.75 Å². The average molecular weight is 195 g/mol. The maximum absolute atomic E-state index is 9.55. The van der Waals surface area contributed by atoms with Crippen molar-refractivity contribution in [3.8, 4) is 5.75 Å². The minimum atomic E-state index is -0.529. The number of aliphatic hydroxyl groups is 1. The molecule has 0 radical (unpaired) electrons. The van der Waals surface area contributed by atoms with Gasteiger partial charge in [-0.15, -0.1) is 0 Å². The first-order valence-corrected chi connectivity index (χ1v) is 4.79. The molecule has 1 aromatic rings. The number of nitrogens with two attached hydrogens (primary N) is 1. The molecule has 0 aromatic heterocycles. The first-order valence-electron chi connectivity index (χ1n) is 4.79. The third-order valence-electron chi connectivity index (χ3n) is 2.44. The van der Waals surface area contributed by atoms with Crippen LogP contribution >= 0.6 is 0 Å². The van der Waals surface area contributed by atoms with Crippen molar-refractivity contribution >= 4 is 0 Å². The van der Waals surface area contributed by atoms with Crippen molar-refractivity contribution < 1.29 is 10.2 Å². The lowest BCUT2D eigenvalue weighted by atomic mass is 9.99. The second kappa shape index (κ2) is 4.44. The maximum Gasteiger partial charge on any atom is 0.118 e. The van der Waals surface area contributed by atoms with Gasteiger partial charge in [-0.2, -0.15) is 0 Å². The van der Waals surface area contributed by atoms with Gasteiger partial charge >= 0.3 is 0 Å². The lowest BCUT2D eigenvalue weighted by molar-refractivity contribution is 0.140. The third-order valence-corrected chi connectivity index (χ3v) is 2.44. The van der Waals surface area contributed by atoms with Gasteiger partial charge in [-0.3, -0.25) is 0 Å². The number of phenolic OH excluding ortho intramolecular Hbond substituents is 1. The largest absolute Gasteiger partial charge is 0.508 e. The number of hydrogen-bond acceptors (Lipinski definition) is 3. The van der Waals surface area contributed by atoms with Crippen LogP contribution in [0.4, 0.5) is 0 Å². The van der Waals surface area contributed by atoms with Gasteiger partial charge in [-0.05, 0) is 30.5 Å². The molecule has 1 aromatic carbocycles. The molecule has 0 heterocycles. The van der Waals surface area contributed by atoms with Gasteiger partial charge in [-0.1, -0.05) is 19.1 Å². The normalized spacial score (nSPS) is 15.1. The van der Waals surface area contributed by atoms with Gasteiger partial charge < -0.3 is 15.9 Å². The average Bonchev–Trinajstić information content (AvgIpc) is 2.20. The fraction of sp³-hybridized carbons (Fsp3) is 0.455. The zero-order chi connectivity index (χ0) is 10.7. The van der Waals surface area contributed by atoms with Crippen LogP contribution in [-0.4, -0.2) is 16.3 Å². The summed E-state index contributed by atoms with van der Waals surface area (Å²) in [5, 5.41) is 18.9. The molecular formula is C11H17NO2. The van der Waals surface area contributed by atoms with Crippen molar-refractivity contribution in [2.24, 2.45) is 5.73 Å². The predicted molar refractivity (Wildman–Crippen MR) is 56.1 cm³/mol. The number of benzene rings is 1. The van der Waals surface area contributed by atoms with Crippen molar-refractivity contribution in [1.29, 1.82) is 0 Å². The zero-order valence-corrected chi connectivity index (χ0v) is 8.57. The standard InChI is InChI=1S/C11H17NO2/c1-3-9(13)11(12)8-4-5-10(14)7(2)6-8/h4-6,9,11,13-14H,3,12H2,1-2H3. The SMILES string of the molecule is CCC(O)C(N)c1ccc(O)c(C)c1. The first kappa shape index (κ1) is 11.0. The molecule has 1 rings (SSSR count). The van der Waals surface area contributed by atoms with E-state index in [9.17, 15) is 10.2 Å². The molecule has 0 bridgehead atoms. The highest BCUT2D eigenvalue weighted by Crippen LogP contribution is 2.22. The van der Waals surface area contributed by atoms with E-state index < -0.39 is 6.10 Å². The molecular weight excluding hydrogens is 178 g/mol. The molecule has 14 heavy (non-hydrogen) atoms. The molecule has 2 unspecified atom stereocenters. The molecule has 78 valence electrons. The Morgan fingerprint density at radius 2 is 2.07 bits per heavy atom. The van der Waals surface area contributed by atoms with Crippen molar-refractivity contribution in [2.75, 3.05) is 0 Å². The molecule has 3 nitrogen and oxygen atoms in total. The summed E-state index contributed by atoms with van der Waals surface area (Å²) in [6.45, 7) is 3.70. The van der Waals surface area contributed by atoms with Gasteiger partial charge in [0.05, 0.1) is 12.1 Å². The van der Waals surface area contributed by atoms with E-state index in [1.807, 2.05) is 13.8 Å². The quantitative estimate of drug-likeness (QED) is 0.684. The molecule has 0 aliphatic heterocycles. The molecule has 0 aliphatic rings. The minimum Gasteiger partial charge on any atom is -0.508 e. The second-order valence-electron chi connectivity index (χ2n) is 3.55. The molecule has 0 saturated heterocycles. The minimum absolute atomic E-state index is 0.256. The van der Waals surface area contributed by atoms with Crippen LogP contribution in [0, 0.1) is 6.92 Å². The molecule has 0 amide bonds. The molecule has 2 atom stereocenters. The fourth-order valence-corrected chi connectivity index (χ4v) is 1.36. The Morgan fingerprint density at radius 1 is 1.43 bits per heavy atom. The summed E-state index contributed by atoms with van der Waals surface area (Å²) >= 11 is 0. The highest BCUT2D eigenvalue weighted by molar-refractivity contribution is 5.36. The van der Waals surface area contributed by atoms with E-state index in [0.717, 1.165) is 11.1 Å². The van der Waals surface area contributed by atoms with Crippen LogP contribution < -0.4 is 5.73 Å². The van der Waals surface area contributed by atoms with E-state index in [1.54, 1.807) is 18.2 Å². The van der Waals surface area contributed by atoms with E-state index in [-0.39, 0.29) is 11.8 Å². The van der Waals surface area contributed by atoms with Crippen LogP contribution in [0.2, 0.25) is 0 Å². The number of phenols is 1. The number of aromatic hydroxyl groups is 1. The topological polar surface area (TPSA) is 66.5 Å². The Labute approximate surface area is 84.2 Å². The van der Waals surface area contributed by atoms with E-state index in [4.69, 9.17) is 5.73 Å². The molecule has 0 fully saturated rings. The van der Waals surface area contributed by atoms with Crippen molar-refractivity contribution in [2.45, 2.75) is 32.4 Å². The van der Waals surface area contributed by atoms with Crippen LogP contribution in [-0.2, 0) is 0 Å². The molecule has 0 saturated carbocycles. The summed E-state index contributed by atoms with van der Waals surface area (Å²) in [4.78, 5) is 0. The Kier molecular flexibility index (Phi) is 3.49. The van der Waals surface area contributed by atoms with Crippen LogP contribution in [0.15, 0.2) is 18.2 Å².